The Morgan fingerprint density at radius 3 is 2.06 bits per heavy atom. The number of piperidine rings is 1. The highest BCUT2D eigenvalue weighted by Crippen LogP contribution is 2.28. The van der Waals surface area contributed by atoms with Crippen molar-refractivity contribution in [1.29, 1.82) is 0 Å². The van der Waals surface area contributed by atoms with Crippen molar-refractivity contribution in [2.75, 3.05) is 26.3 Å². The lowest BCUT2D eigenvalue weighted by Crippen LogP contribution is -2.30. The van der Waals surface area contributed by atoms with Crippen LogP contribution < -0.4 is 5.32 Å². The van der Waals surface area contributed by atoms with Crippen molar-refractivity contribution in [1.82, 2.24) is 5.32 Å². The summed E-state index contributed by atoms with van der Waals surface area (Å²) in [5, 5.41) is 3.40. The van der Waals surface area contributed by atoms with Crippen molar-refractivity contribution >= 4 is 0 Å². The molecule has 0 aromatic heterocycles. The Morgan fingerprint density at radius 1 is 0.875 bits per heavy atom. The van der Waals surface area contributed by atoms with Gasteiger partial charge in [-0.2, -0.15) is 0 Å². The molecule has 0 aromatic carbocycles. The summed E-state index contributed by atoms with van der Waals surface area (Å²) in [6, 6.07) is 0. The van der Waals surface area contributed by atoms with Crippen molar-refractivity contribution in [2.45, 2.75) is 45.4 Å². The van der Waals surface area contributed by atoms with E-state index < -0.39 is 0 Å². The van der Waals surface area contributed by atoms with Gasteiger partial charge in [0, 0.05) is 13.2 Å². The molecule has 2 fully saturated rings. The highest BCUT2D eigenvalue weighted by molar-refractivity contribution is 4.71. The lowest BCUT2D eigenvalue weighted by molar-refractivity contribution is 0.0486. The van der Waals surface area contributed by atoms with E-state index in [0.29, 0.717) is 0 Å². The molecule has 0 bridgehead atoms. The van der Waals surface area contributed by atoms with Gasteiger partial charge in [0.15, 0.2) is 0 Å². The van der Waals surface area contributed by atoms with Crippen molar-refractivity contribution in [2.24, 2.45) is 17.8 Å². The highest BCUT2D eigenvalue weighted by Gasteiger charge is 2.19. The molecule has 0 spiro atoms. The fourth-order valence-electron chi connectivity index (χ4n) is 2.95. The molecule has 94 valence electrons. The summed E-state index contributed by atoms with van der Waals surface area (Å²) in [5.41, 5.74) is 0. The maximum absolute atomic E-state index is 5.92. The molecule has 1 saturated carbocycles. The number of nitrogens with one attached hydrogen (secondary N) is 1. The van der Waals surface area contributed by atoms with Crippen molar-refractivity contribution < 1.29 is 4.74 Å². The minimum Gasteiger partial charge on any atom is -0.381 e. The van der Waals surface area contributed by atoms with Crippen LogP contribution in [-0.4, -0.2) is 26.3 Å². The fourth-order valence-corrected chi connectivity index (χ4v) is 2.95. The summed E-state index contributed by atoms with van der Waals surface area (Å²) in [4.78, 5) is 0. The minimum atomic E-state index is 0.823. The third-order valence-corrected chi connectivity index (χ3v) is 4.30. The summed E-state index contributed by atoms with van der Waals surface area (Å²) in [5.74, 6) is 2.64. The van der Waals surface area contributed by atoms with Gasteiger partial charge in [-0.15, -0.1) is 0 Å². The molecule has 0 aromatic rings. The smallest absolute Gasteiger partial charge is 0.0495 e. The molecule has 1 heterocycles. The number of hydrogen-bond acceptors (Lipinski definition) is 2. The SMILES string of the molecule is C[C@H]1CC[C@H](COCC2CCNCC2)CC1. The quantitative estimate of drug-likeness (QED) is 0.794. The monoisotopic (exact) mass is 225 g/mol. The molecule has 2 heteroatoms. The highest BCUT2D eigenvalue weighted by atomic mass is 16.5. The molecule has 0 atom stereocenters. The molecule has 2 rings (SSSR count). The Morgan fingerprint density at radius 2 is 1.44 bits per heavy atom. The zero-order valence-electron chi connectivity index (χ0n) is 10.7. The lowest BCUT2D eigenvalue weighted by Gasteiger charge is -2.27. The predicted molar refractivity (Wildman–Crippen MR) is 67.5 cm³/mol. The second-order valence-electron chi connectivity index (χ2n) is 5.86. The van der Waals surface area contributed by atoms with Gasteiger partial charge in [0.1, 0.15) is 0 Å². The van der Waals surface area contributed by atoms with Crippen LogP contribution in [0.5, 0.6) is 0 Å². The Bertz CT molecular complexity index is 181. The third-order valence-electron chi connectivity index (χ3n) is 4.30. The van der Waals surface area contributed by atoms with E-state index in [2.05, 4.69) is 12.2 Å². The van der Waals surface area contributed by atoms with Crippen LogP contribution in [0.3, 0.4) is 0 Å². The molecule has 0 unspecified atom stereocenters. The second-order valence-corrected chi connectivity index (χ2v) is 5.86. The lowest BCUT2D eigenvalue weighted by atomic mass is 9.83. The Balaban J connectivity index is 1.53. The van der Waals surface area contributed by atoms with Crippen molar-refractivity contribution in [3.05, 3.63) is 0 Å². The first kappa shape index (κ1) is 12.4. The van der Waals surface area contributed by atoms with Gasteiger partial charge in [-0.05, 0) is 56.5 Å². The molecule has 16 heavy (non-hydrogen) atoms. The van der Waals surface area contributed by atoms with E-state index in [-0.39, 0.29) is 0 Å². The van der Waals surface area contributed by atoms with Gasteiger partial charge < -0.3 is 10.1 Å². The van der Waals surface area contributed by atoms with Gasteiger partial charge in [0.25, 0.3) is 0 Å². The normalized spacial score (nSPS) is 32.8. The molecular formula is C14H27NO. The van der Waals surface area contributed by atoms with Crippen LogP contribution in [0.15, 0.2) is 0 Å². The van der Waals surface area contributed by atoms with Crippen LogP contribution in [0, 0.1) is 17.8 Å². The zero-order chi connectivity index (χ0) is 11.2. The summed E-state index contributed by atoms with van der Waals surface area (Å²) in [7, 11) is 0. The van der Waals surface area contributed by atoms with E-state index in [0.717, 1.165) is 31.0 Å². The van der Waals surface area contributed by atoms with Crippen LogP contribution in [-0.2, 0) is 4.74 Å². The first-order valence-corrected chi connectivity index (χ1v) is 7.13. The van der Waals surface area contributed by atoms with E-state index in [4.69, 9.17) is 4.74 Å². The van der Waals surface area contributed by atoms with Gasteiger partial charge >= 0.3 is 0 Å². The Hall–Kier alpha value is -0.0800. The molecule has 1 saturated heterocycles. The average Bonchev–Trinajstić information content (AvgIpc) is 2.33. The van der Waals surface area contributed by atoms with Crippen LogP contribution in [0.4, 0.5) is 0 Å². The van der Waals surface area contributed by atoms with Crippen LogP contribution in [0.2, 0.25) is 0 Å². The maximum atomic E-state index is 5.92. The predicted octanol–water partition coefficient (Wildman–Crippen LogP) is 2.83. The molecule has 0 radical (unpaired) electrons. The summed E-state index contributed by atoms with van der Waals surface area (Å²) >= 11 is 0. The Kier molecular flexibility index (Phi) is 5.11. The third kappa shape index (κ3) is 4.06. The van der Waals surface area contributed by atoms with Crippen LogP contribution in [0.1, 0.15) is 45.4 Å². The van der Waals surface area contributed by atoms with Gasteiger partial charge in [-0.3, -0.25) is 0 Å². The zero-order valence-corrected chi connectivity index (χ0v) is 10.7. The number of hydrogen-bond donors (Lipinski definition) is 1. The van der Waals surface area contributed by atoms with E-state index >= 15 is 0 Å². The number of rotatable bonds is 4. The van der Waals surface area contributed by atoms with E-state index in [9.17, 15) is 0 Å². The van der Waals surface area contributed by atoms with Crippen molar-refractivity contribution in [3.63, 3.8) is 0 Å². The Labute approximate surface area is 100 Å². The average molecular weight is 225 g/mol. The van der Waals surface area contributed by atoms with Crippen LogP contribution >= 0.6 is 0 Å². The topological polar surface area (TPSA) is 21.3 Å². The molecule has 1 N–H and O–H groups in total. The molecule has 0 amide bonds. The van der Waals surface area contributed by atoms with Gasteiger partial charge in [0.2, 0.25) is 0 Å². The summed E-state index contributed by atoms with van der Waals surface area (Å²) < 4.78 is 5.92. The van der Waals surface area contributed by atoms with E-state index in [1.54, 1.807) is 0 Å². The van der Waals surface area contributed by atoms with Crippen LogP contribution in [0.25, 0.3) is 0 Å². The molecular weight excluding hydrogens is 198 g/mol. The molecule has 2 nitrogen and oxygen atoms in total. The number of ether oxygens (including phenoxy) is 1. The van der Waals surface area contributed by atoms with Gasteiger partial charge in [-0.25, -0.2) is 0 Å². The van der Waals surface area contributed by atoms with Crippen molar-refractivity contribution in [3.8, 4) is 0 Å². The first-order chi connectivity index (χ1) is 7.84. The summed E-state index contributed by atoms with van der Waals surface area (Å²) in [6.45, 7) is 6.79. The minimum absolute atomic E-state index is 0.823. The van der Waals surface area contributed by atoms with Gasteiger partial charge in [-0.1, -0.05) is 19.8 Å². The van der Waals surface area contributed by atoms with E-state index in [1.807, 2.05) is 0 Å². The maximum Gasteiger partial charge on any atom is 0.0495 e. The fraction of sp³-hybridized carbons (Fsp3) is 1.00. The molecule has 1 aliphatic carbocycles. The van der Waals surface area contributed by atoms with Gasteiger partial charge in [0.05, 0.1) is 0 Å². The molecule has 2 aliphatic rings. The second kappa shape index (κ2) is 6.61. The first-order valence-electron chi connectivity index (χ1n) is 7.13. The molecule has 1 aliphatic heterocycles. The van der Waals surface area contributed by atoms with E-state index in [1.165, 1.54) is 51.6 Å². The standard InChI is InChI=1S/C14H27NO/c1-12-2-4-13(5-3-12)10-16-11-14-6-8-15-9-7-14/h12-15H,2-11H2,1H3/t12-,13-. The summed E-state index contributed by atoms with van der Waals surface area (Å²) in [6.07, 6.45) is 8.24. The largest absolute Gasteiger partial charge is 0.381 e.